The Kier molecular flexibility index (Phi) is 5.62. The number of nitrogens with zero attached hydrogens (tertiary/aromatic N) is 1. The predicted octanol–water partition coefficient (Wildman–Crippen LogP) is 4.04. The number of amides is 2. The molecule has 1 saturated heterocycles. The highest BCUT2D eigenvalue weighted by molar-refractivity contribution is 5.89. The molecule has 0 saturated carbocycles. The Bertz CT molecular complexity index is 885. The lowest BCUT2D eigenvalue weighted by Crippen LogP contribution is -2.43. The molecule has 1 aliphatic heterocycles. The molecule has 1 aromatic carbocycles. The summed E-state index contributed by atoms with van der Waals surface area (Å²) in [6.45, 7) is 2.51. The van der Waals surface area contributed by atoms with E-state index in [0.717, 1.165) is 12.1 Å². The van der Waals surface area contributed by atoms with Gasteiger partial charge in [0.25, 0.3) is 0 Å². The topological polar surface area (TPSA) is 71.8 Å². The van der Waals surface area contributed by atoms with Crippen LogP contribution in [0, 0.1) is 6.92 Å². The average molecular weight is 396 g/mol. The summed E-state index contributed by atoms with van der Waals surface area (Å²) in [6, 6.07) is 6.82. The Morgan fingerprint density at radius 2 is 1.82 bits per heavy atom. The third kappa shape index (κ3) is 5.05. The monoisotopic (exact) mass is 396 g/mol. The SMILES string of the molecule is Cc1cc(OC2CCN(C(=O)Nc3ccc(C(F)(F)F)cc3)CC2)cc(=O)o1. The van der Waals surface area contributed by atoms with Gasteiger partial charge >= 0.3 is 17.8 Å². The predicted molar refractivity (Wildman–Crippen MR) is 95.4 cm³/mol. The number of hydrogen-bond acceptors (Lipinski definition) is 4. The molecule has 1 N–H and O–H groups in total. The highest BCUT2D eigenvalue weighted by Gasteiger charge is 2.30. The first-order valence-electron chi connectivity index (χ1n) is 8.72. The molecule has 0 spiro atoms. The van der Waals surface area contributed by atoms with E-state index < -0.39 is 17.4 Å². The number of piperidine rings is 1. The number of nitrogens with one attached hydrogen (secondary N) is 1. The van der Waals surface area contributed by atoms with Crippen molar-refractivity contribution in [1.82, 2.24) is 4.90 Å². The van der Waals surface area contributed by atoms with Gasteiger partial charge in [-0.05, 0) is 31.2 Å². The molecule has 28 heavy (non-hydrogen) atoms. The summed E-state index contributed by atoms with van der Waals surface area (Å²) in [5.74, 6) is 0.886. The zero-order chi connectivity index (χ0) is 20.3. The summed E-state index contributed by atoms with van der Waals surface area (Å²) < 4.78 is 48.4. The van der Waals surface area contributed by atoms with Gasteiger partial charge in [0.1, 0.15) is 17.6 Å². The van der Waals surface area contributed by atoms with Crippen molar-refractivity contribution in [3.8, 4) is 5.75 Å². The summed E-state index contributed by atoms with van der Waals surface area (Å²) in [4.78, 5) is 25.2. The van der Waals surface area contributed by atoms with E-state index in [1.807, 2.05) is 0 Å². The number of urea groups is 1. The van der Waals surface area contributed by atoms with Gasteiger partial charge in [-0.3, -0.25) is 0 Å². The number of aryl methyl sites for hydroxylation is 1. The highest BCUT2D eigenvalue weighted by atomic mass is 19.4. The molecule has 0 radical (unpaired) electrons. The van der Waals surface area contributed by atoms with Gasteiger partial charge < -0.3 is 19.4 Å². The van der Waals surface area contributed by atoms with E-state index in [4.69, 9.17) is 9.15 Å². The van der Waals surface area contributed by atoms with Crippen LogP contribution >= 0.6 is 0 Å². The third-order valence-electron chi connectivity index (χ3n) is 4.36. The van der Waals surface area contributed by atoms with Gasteiger partial charge in [0.2, 0.25) is 0 Å². The van der Waals surface area contributed by atoms with E-state index in [-0.39, 0.29) is 12.1 Å². The lowest BCUT2D eigenvalue weighted by Gasteiger charge is -2.32. The van der Waals surface area contributed by atoms with Crippen molar-refractivity contribution >= 4 is 11.7 Å². The fourth-order valence-corrected chi connectivity index (χ4v) is 2.96. The van der Waals surface area contributed by atoms with Crippen molar-refractivity contribution in [2.45, 2.75) is 32.0 Å². The number of benzene rings is 1. The average Bonchev–Trinajstić information content (AvgIpc) is 2.61. The Morgan fingerprint density at radius 1 is 1.18 bits per heavy atom. The zero-order valence-electron chi connectivity index (χ0n) is 15.1. The molecular formula is C19H19F3N2O4. The van der Waals surface area contributed by atoms with E-state index in [9.17, 15) is 22.8 Å². The Balaban J connectivity index is 1.51. The summed E-state index contributed by atoms with van der Waals surface area (Å²) in [6.07, 6.45) is -3.42. The Hall–Kier alpha value is -2.97. The van der Waals surface area contributed by atoms with Gasteiger partial charge in [0.05, 0.1) is 11.6 Å². The molecule has 9 heteroatoms. The zero-order valence-corrected chi connectivity index (χ0v) is 15.1. The molecule has 0 bridgehead atoms. The van der Waals surface area contributed by atoms with E-state index in [1.54, 1.807) is 17.9 Å². The van der Waals surface area contributed by atoms with Crippen LogP contribution in [0.2, 0.25) is 0 Å². The lowest BCUT2D eigenvalue weighted by molar-refractivity contribution is -0.137. The van der Waals surface area contributed by atoms with Crippen LogP contribution in [0.3, 0.4) is 0 Å². The second-order valence-electron chi connectivity index (χ2n) is 6.53. The number of anilines is 1. The number of hydrogen-bond donors (Lipinski definition) is 1. The molecule has 1 aliphatic rings. The number of rotatable bonds is 3. The highest BCUT2D eigenvalue weighted by Crippen LogP contribution is 2.30. The first kappa shape index (κ1) is 19.8. The molecule has 0 aliphatic carbocycles. The number of carbonyl (C=O) groups is 1. The summed E-state index contributed by atoms with van der Waals surface area (Å²) >= 11 is 0. The largest absolute Gasteiger partial charge is 0.490 e. The molecular weight excluding hydrogens is 377 g/mol. The molecule has 0 atom stereocenters. The van der Waals surface area contributed by atoms with Crippen LogP contribution in [0.1, 0.15) is 24.2 Å². The second kappa shape index (κ2) is 7.95. The molecule has 6 nitrogen and oxygen atoms in total. The minimum Gasteiger partial charge on any atom is -0.490 e. The molecule has 2 amide bonds. The van der Waals surface area contributed by atoms with Crippen molar-refractivity contribution in [3.05, 3.63) is 58.1 Å². The molecule has 2 aromatic rings. The molecule has 0 unspecified atom stereocenters. The van der Waals surface area contributed by atoms with E-state index in [1.165, 1.54) is 18.2 Å². The van der Waals surface area contributed by atoms with Gasteiger partial charge in [-0.2, -0.15) is 13.2 Å². The first-order chi connectivity index (χ1) is 13.2. The van der Waals surface area contributed by atoms with Crippen LogP contribution < -0.4 is 15.7 Å². The Labute approximate surface area is 158 Å². The first-order valence-corrected chi connectivity index (χ1v) is 8.72. The van der Waals surface area contributed by atoms with Gasteiger partial charge in [-0.1, -0.05) is 0 Å². The minimum absolute atomic E-state index is 0.142. The normalized spacial score (nSPS) is 15.4. The van der Waals surface area contributed by atoms with E-state index in [0.29, 0.717) is 43.1 Å². The quantitative estimate of drug-likeness (QED) is 0.850. The number of carbonyl (C=O) groups excluding carboxylic acids is 1. The lowest BCUT2D eigenvalue weighted by atomic mass is 10.1. The number of likely N-dealkylation sites (tertiary alicyclic amines) is 1. The van der Waals surface area contributed by atoms with Crippen LogP contribution in [0.25, 0.3) is 0 Å². The maximum Gasteiger partial charge on any atom is 0.416 e. The van der Waals surface area contributed by atoms with Crippen LogP contribution in [-0.4, -0.2) is 30.1 Å². The second-order valence-corrected chi connectivity index (χ2v) is 6.53. The number of ether oxygens (including phenoxy) is 1. The van der Waals surface area contributed by atoms with Gasteiger partial charge in [-0.15, -0.1) is 0 Å². The van der Waals surface area contributed by atoms with Crippen LogP contribution in [-0.2, 0) is 6.18 Å². The summed E-state index contributed by atoms with van der Waals surface area (Å²) in [5.41, 5.74) is -0.958. The molecule has 1 aromatic heterocycles. The van der Waals surface area contributed by atoms with Gasteiger partial charge in [-0.25, -0.2) is 9.59 Å². The molecule has 2 heterocycles. The minimum atomic E-state index is -4.41. The molecule has 3 rings (SSSR count). The maximum atomic E-state index is 12.6. The smallest absolute Gasteiger partial charge is 0.416 e. The standard InChI is InChI=1S/C19H19F3N2O4/c1-12-10-16(11-17(25)27-12)28-15-6-8-24(9-7-15)18(26)23-14-4-2-13(3-5-14)19(20,21)22/h2-5,10-11,15H,6-9H2,1H3,(H,23,26). The summed E-state index contributed by atoms with van der Waals surface area (Å²) in [7, 11) is 0. The van der Waals surface area contributed by atoms with Crippen LogP contribution in [0.5, 0.6) is 5.75 Å². The van der Waals surface area contributed by atoms with E-state index >= 15 is 0 Å². The third-order valence-corrected chi connectivity index (χ3v) is 4.36. The molecule has 150 valence electrons. The number of alkyl halides is 3. The van der Waals surface area contributed by atoms with Gasteiger partial charge in [0, 0.05) is 37.7 Å². The summed E-state index contributed by atoms with van der Waals surface area (Å²) in [5, 5.41) is 2.59. The maximum absolute atomic E-state index is 12.6. The van der Waals surface area contributed by atoms with Crippen molar-refractivity contribution in [3.63, 3.8) is 0 Å². The van der Waals surface area contributed by atoms with Crippen LogP contribution in [0.15, 0.2) is 45.6 Å². The van der Waals surface area contributed by atoms with Crippen LogP contribution in [0.4, 0.5) is 23.7 Å². The number of halogens is 3. The molecule has 1 fully saturated rings. The van der Waals surface area contributed by atoms with Crippen molar-refractivity contribution < 1.29 is 27.1 Å². The Morgan fingerprint density at radius 3 is 2.39 bits per heavy atom. The van der Waals surface area contributed by atoms with Crippen molar-refractivity contribution in [1.29, 1.82) is 0 Å². The fraction of sp³-hybridized carbons (Fsp3) is 0.368. The fourth-order valence-electron chi connectivity index (χ4n) is 2.96. The van der Waals surface area contributed by atoms with Crippen molar-refractivity contribution in [2.75, 3.05) is 18.4 Å². The van der Waals surface area contributed by atoms with E-state index in [2.05, 4.69) is 5.32 Å². The van der Waals surface area contributed by atoms with Gasteiger partial charge in [0.15, 0.2) is 0 Å². The van der Waals surface area contributed by atoms with Crippen molar-refractivity contribution in [2.24, 2.45) is 0 Å².